The molecular weight excluding hydrogens is 550 g/mol. The monoisotopic (exact) mass is 582 g/mol. The van der Waals surface area contributed by atoms with Crippen LogP contribution in [-0.2, 0) is 6.51 Å². The van der Waals surface area contributed by atoms with Gasteiger partial charge in [0.05, 0.1) is 0 Å². The molecule has 1 spiro atoms. The minimum absolute atomic E-state index is 0.351. The summed E-state index contributed by atoms with van der Waals surface area (Å²) >= 11 is 0. The quantitative estimate of drug-likeness (QED) is 0.152. The molecule has 3 heteroatoms. The Morgan fingerprint density at radius 3 is 1.21 bits per heavy atom. The molecule has 14 rings (SSSR count). The average Bonchev–Trinajstić information content (AvgIpc) is 3.96. The van der Waals surface area contributed by atoms with Crippen LogP contribution in [0.4, 0.5) is 0 Å². The predicted molar refractivity (Wildman–Crippen MR) is 163 cm³/mol. The van der Waals surface area contributed by atoms with E-state index >= 15 is 0 Å². The first-order chi connectivity index (χ1) is 19.1. The topological polar surface area (TPSA) is 0 Å². The van der Waals surface area contributed by atoms with E-state index in [1.165, 1.54) is 40.1 Å². The first kappa shape index (κ1) is 19.4. The van der Waals surface area contributed by atoms with Crippen molar-refractivity contribution in [3.63, 3.8) is 0 Å². The molecule has 10 aliphatic rings. The van der Waals surface area contributed by atoms with Crippen LogP contribution < -0.4 is 21.2 Å². The van der Waals surface area contributed by atoms with Gasteiger partial charge in [0.2, 0.25) is 0 Å². The molecule has 0 aromatic heterocycles. The second kappa shape index (κ2) is 3.07. The van der Waals surface area contributed by atoms with E-state index in [2.05, 4.69) is 128 Å². The van der Waals surface area contributed by atoms with E-state index in [9.17, 15) is 0 Å². The normalized spacial score (nSPS) is 62.4. The zero-order chi connectivity index (χ0) is 25.2. The molecule has 4 aromatic carbocycles. The summed E-state index contributed by atoms with van der Waals surface area (Å²) in [5, 5.41) is 6.87. The molecule has 39 heavy (non-hydrogen) atoms. The predicted octanol–water partition coefficient (Wildman–Crippen LogP) is 8.24. The van der Waals surface area contributed by atoms with Crippen molar-refractivity contribution in [2.24, 2.45) is 0 Å². The number of benzene rings is 4. The minimum atomic E-state index is -4.03. The van der Waals surface area contributed by atoms with Crippen molar-refractivity contribution in [1.29, 1.82) is 0 Å². The molecular formula is C36H32FeP2. The van der Waals surface area contributed by atoms with E-state index in [4.69, 9.17) is 0 Å². The molecule has 10 heterocycles. The third-order valence-corrected chi connectivity index (χ3v) is 78.4. The SMILES string of the molecule is CC[C]12[CH]3[CH]4[C]5(P(c6ccccc6)c6ccccc6)[C]1(P(c1ccccc1)c1ccccc1)[Fe]34251678[CH]2[CH]1[CH]6[CH]7[CH]28. The molecule has 0 bridgehead atoms. The van der Waals surface area contributed by atoms with Gasteiger partial charge < -0.3 is 0 Å². The van der Waals surface area contributed by atoms with E-state index in [-0.39, 0.29) is 15.8 Å². The summed E-state index contributed by atoms with van der Waals surface area (Å²) in [6.07, 6.45) is 1.52. The summed E-state index contributed by atoms with van der Waals surface area (Å²) in [5.74, 6) is 0. The van der Waals surface area contributed by atoms with Crippen molar-refractivity contribution in [1.82, 2.24) is 0 Å². The van der Waals surface area contributed by atoms with Crippen molar-refractivity contribution in [3.8, 4) is 0 Å². The number of rotatable bonds is 7. The van der Waals surface area contributed by atoms with Crippen LogP contribution in [-0.4, -0.2) is 8.11 Å². The summed E-state index contributed by atoms with van der Waals surface area (Å²) in [4.78, 5) is 8.78. The summed E-state index contributed by atoms with van der Waals surface area (Å²) in [6, 6.07) is 48.4. The van der Waals surface area contributed by atoms with E-state index in [1.54, 1.807) is 21.2 Å². The van der Waals surface area contributed by atoms with Crippen molar-refractivity contribution >= 4 is 37.1 Å². The fourth-order valence-electron chi connectivity index (χ4n) is 22.8. The molecule has 5 unspecified atom stereocenters. The maximum absolute atomic E-state index is 4.03. The molecule has 0 amide bonds. The summed E-state index contributed by atoms with van der Waals surface area (Å²) in [5.41, 5.74) is 0. The Morgan fingerprint density at radius 2 is 0.872 bits per heavy atom. The van der Waals surface area contributed by atoms with Crippen LogP contribution in [0.2, 0.25) is 38.0 Å². The summed E-state index contributed by atoms with van der Waals surface area (Å²) < 4.78 is 2.19. The second-order valence-electron chi connectivity index (χ2n) is 16.3. The van der Waals surface area contributed by atoms with Crippen LogP contribution in [0.1, 0.15) is 13.3 Å². The Labute approximate surface area is 223 Å². The van der Waals surface area contributed by atoms with Gasteiger partial charge in [0.15, 0.2) is 0 Å². The van der Waals surface area contributed by atoms with E-state index in [1.807, 2.05) is 0 Å². The Bertz CT molecular complexity index is 2140. The summed E-state index contributed by atoms with van der Waals surface area (Å²) in [7, 11) is -0.720. The molecule has 10 saturated heterocycles. The van der Waals surface area contributed by atoms with Gasteiger partial charge in [-0.05, 0) is 0 Å². The average molecular weight is 582 g/mol. The van der Waals surface area contributed by atoms with Crippen LogP contribution in [0.25, 0.3) is 0 Å². The van der Waals surface area contributed by atoms with Gasteiger partial charge in [0, 0.05) is 0 Å². The van der Waals surface area contributed by atoms with Crippen LogP contribution >= 0.6 is 15.8 Å². The van der Waals surface area contributed by atoms with Gasteiger partial charge in [-0.25, -0.2) is 0 Å². The van der Waals surface area contributed by atoms with Gasteiger partial charge >= 0.3 is 224 Å². The van der Waals surface area contributed by atoms with E-state index < -0.39 is 6.51 Å². The van der Waals surface area contributed by atoms with Crippen LogP contribution in [0.5, 0.6) is 0 Å². The van der Waals surface area contributed by atoms with Crippen molar-refractivity contribution in [3.05, 3.63) is 121 Å². The summed E-state index contributed by atoms with van der Waals surface area (Å²) in [6.45, 7) is -1.35. The Hall–Kier alpha value is -1.74. The molecule has 0 saturated carbocycles. The Morgan fingerprint density at radius 1 is 0.513 bits per heavy atom. The van der Waals surface area contributed by atoms with Gasteiger partial charge in [-0.2, -0.15) is 0 Å². The molecule has 5 atom stereocenters. The first-order valence-electron chi connectivity index (χ1n) is 15.1. The molecule has 4 aromatic rings. The van der Waals surface area contributed by atoms with E-state index in [0.29, 0.717) is 8.11 Å². The molecule has 0 aliphatic carbocycles. The van der Waals surface area contributed by atoms with Gasteiger partial charge in [-0.3, -0.25) is 0 Å². The van der Waals surface area contributed by atoms with Gasteiger partial charge in [0.1, 0.15) is 0 Å². The Kier molecular flexibility index (Phi) is 1.52. The van der Waals surface area contributed by atoms with E-state index in [0.717, 1.165) is 4.31 Å². The van der Waals surface area contributed by atoms with Crippen LogP contribution in [0.3, 0.4) is 0 Å². The fraction of sp³-hybridized carbons (Fsp3) is 0.333. The first-order valence-corrected chi connectivity index (χ1v) is 23.9. The molecule has 10 fully saturated rings. The van der Waals surface area contributed by atoms with Gasteiger partial charge in [-0.15, -0.1) is 0 Å². The van der Waals surface area contributed by atoms with Crippen molar-refractivity contribution in [2.75, 3.05) is 0 Å². The third kappa shape index (κ3) is 0.466. The fourth-order valence-corrected chi connectivity index (χ4v) is 131. The zero-order valence-electron chi connectivity index (χ0n) is 22.0. The number of hydrogen-bond acceptors (Lipinski definition) is 0. The maximum atomic E-state index is 2.69. The molecule has 0 nitrogen and oxygen atoms in total. The number of fused-ring (bicyclic) bond motifs is 10. The molecule has 194 valence electrons. The standard InChI is InChI=1S/C31H27P2.C5H5.Fe/c1-2-25-23-24-30(32(26-15-7-3-8-16-26)27-17-9-4-10-18-27)31(25)33(28-19-11-5-12-20-28)29-21-13-6-14-22-29;1-2-4-5-3-1;/h3-24H,2H2,1H3;1-5H;. The van der Waals surface area contributed by atoms with Crippen LogP contribution in [0, 0.1) is 0 Å². The molecule has 10 aliphatic heterocycles. The second-order valence-corrected chi connectivity index (χ2v) is 44.8. The van der Waals surface area contributed by atoms with Gasteiger partial charge in [-0.1, -0.05) is 0 Å². The van der Waals surface area contributed by atoms with Gasteiger partial charge in [0.25, 0.3) is 0 Å². The number of hydrogen-bond donors (Lipinski definition) is 0. The zero-order valence-corrected chi connectivity index (χ0v) is 24.9. The Balaban J connectivity index is 1.19. The third-order valence-electron chi connectivity index (χ3n) is 20.4. The molecule has 0 N–H and O–H groups in total. The van der Waals surface area contributed by atoms with Crippen LogP contribution in [0.15, 0.2) is 121 Å². The van der Waals surface area contributed by atoms with Crippen molar-refractivity contribution in [2.45, 2.75) is 59.5 Å². The molecule has 0 radical (unpaired) electrons. The van der Waals surface area contributed by atoms with Crippen molar-refractivity contribution < 1.29 is 6.51 Å².